The minimum absolute atomic E-state index is 0.156. The van der Waals surface area contributed by atoms with Crippen LogP contribution in [0.2, 0.25) is 5.02 Å². The number of carbonyl (C=O) groups excluding carboxylic acids is 1. The number of benzene rings is 3. The van der Waals surface area contributed by atoms with Gasteiger partial charge in [0.05, 0.1) is 61.4 Å². The lowest BCUT2D eigenvalue weighted by molar-refractivity contribution is 0.0359. The van der Waals surface area contributed by atoms with Gasteiger partial charge in [0.1, 0.15) is 23.3 Å². The lowest BCUT2D eigenvalue weighted by Gasteiger charge is -2.38. The first-order valence-corrected chi connectivity index (χ1v) is 22.6. The van der Waals surface area contributed by atoms with E-state index in [-0.39, 0.29) is 11.9 Å². The van der Waals surface area contributed by atoms with E-state index >= 15 is 4.79 Å². The molecule has 0 spiro atoms. The molecule has 0 radical (unpaired) electrons. The Labute approximate surface area is 378 Å². The van der Waals surface area contributed by atoms with Crippen LogP contribution in [0.3, 0.4) is 0 Å². The van der Waals surface area contributed by atoms with Crippen LogP contribution >= 0.6 is 23.2 Å². The minimum atomic E-state index is -0.722. The van der Waals surface area contributed by atoms with E-state index < -0.39 is 5.50 Å². The second-order valence-electron chi connectivity index (χ2n) is 16.9. The summed E-state index contributed by atoms with van der Waals surface area (Å²) in [5.41, 5.74) is 10.4. The van der Waals surface area contributed by atoms with Gasteiger partial charge in [-0.3, -0.25) is 24.0 Å². The molecule has 15 heteroatoms. The number of halogens is 2. The van der Waals surface area contributed by atoms with Gasteiger partial charge in [-0.2, -0.15) is 10.2 Å². The Morgan fingerprint density at radius 3 is 2.44 bits per heavy atom. The first-order chi connectivity index (χ1) is 30.4. The van der Waals surface area contributed by atoms with Crippen molar-refractivity contribution >= 4 is 56.6 Å². The molecule has 13 nitrogen and oxygen atoms in total. The topological polar surface area (TPSA) is 110 Å². The summed E-state index contributed by atoms with van der Waals surface area (Å²) >= 11 is 14.1. The molecule has 4 aromatic heterocycles. The third kappa shape index (κ3) is 7.92. The van der Waals surface area contributed by atoms with Crippen LogP contribution in [-0.4, -0.2) is 103 Å². The normalized spacial score (nSPS) is 17.1. The fourth-order valence-electron chi connectivity index (χ4n) is 9.51. The number of methoxy groups -OCH3 is 1. The molecule has 1 amide bonds. The molecular weight excluding hydrogens is 837 g/mol. The lowest BCUT2D eigenvalue weighted by Crippen LogP contribution is -2.47. The smallest absolute Gasteiger partial charge is 0.276 e. The molecule has 6 heterocycles. The number of amides is 1. The highest BCUT2D eigenvalue weighted by atomic mass is 35.5. The standard InChI is InChI=1S/C48H55Cl2N9O4/c1-29-24-35(25-30(2)43(29)49)63-20-9-12-37-36-10-8-11-38(42-31(3)52-54(6)32(42)4)44(36)58-33(5)46(50)59(48(60)45(37)58)41-27-56(19-21-61-7)40-14-13-34(26-39(40)41)47-51-28-57(53-47)16-15-55-17-22-62-23-18-55/h8,10-11,13-14,24-28,33,46H,9,12,15-23H2,1-7H3/t33?,46-/m0/s1. The molecule has 9 rings (SSSR count). The molecule has 0 bridgehead atoms. The van der Waals surface area contributed by atoms with Gasteiger partial charge in [-0.15, -0.1) is 0 Å². The summed E-state index contributed by atoms with van der Waals surface area (Å²) in [7, 11) is 3.67. The van der Waals surface area contributed by atoms with Crippen molar-refractivity contribution in [1.29, 1.82) is 0 Å². The zero-order valence-corrected chi connectivity index (χ0v) is 38.6. The number of aromatic nitrogens is 7. The molecule has 3 aromatic carbocycles. The predicted molar refractivity (Wildman–Crippen MR) is 250 cm³/mol. The molecule has 2 atom stereocenters. The van der Waals surface area contributed by atoms with E-state index in [4.69, 9.17) is 52.6 Å². The molecule has 2 aliphatic heterocycles. The fraction of sp³-hybridized carbons (Fsp3) is 0.417. The lowest BCUT2D eigenvalue weighted by atomic mass is 9.98. The van der Waals surface area contributed by atoms with Gasteiger partial charge >= 0.3 is 0 Å². The number of hydrogen-bond acceptors (Lipinski definition) is 8. The quantitative estimate of drug-likeness (QED) is 0.0606. The Balaban J connectivity index is 1.13. The molecule has 1 fully saturated rings. The SMILES string of the molecule is COCCn1cc(N2C(=O)c3c(CCCOc4cc(C)c(Cl)c(C)c4)c4cccc(-c5c(C)nn(C)c5C)c4n3C(C)[C@H]2Cl)c2cc(-c3ncn(CCN4CCOCC4)n3)ccc21. The maximum absolute atomic E-state index is 15.6. The van der Waals surface area contributed by atoms with Crippen LogP contribution in [-0.2, 0) is 36.0 Å². The zero-order chi connectivity index (χ0) is 44.1. The maximum atomic E-state index is 15.6. The van der Waals surface area contributed by atoms with Crippen LogP contribution in [0.1, 0.15) is 58.0 Å². The number of para-hydroxylation sites is 1. The van der Waals surface area contributed by atoms with Gasteiger partial charge in [0.15, 0.2) is 5.82 Å². The van der Waals surface area contributed by atoms with Crippen LogP contribution in [0, 0.1) is 27.7 Å². The first kappa shape index (κ1) is 43.1. The van der Waals surface area contributed by atoms with Crippen molar-refractivity contribution in [3.8, 4) is 28.3 Å². The Morgan fingerprint density at radius 1 is 0.937 bits per heavy atom. The van der Waals surface area contributed by atoms with E-state index in [2.05, 4.69) is 58.2 Å². The van der Waals surface area contributed by atoms with Gasteiger partial charge < -0.3 is 23.3 Å². The van der Waals surface area contributed by atoms with Crippen LogP contribution in [0.15, 0.2) is 61.1 Å². The summed E-state index contributed by atoms with van der Waals surface area (Å²) in [5, 5.41) is 12.3. The van der Waals surface area contributed by atoms with E-state index in [9.17, 15) is 0 Å². The summed E-state index contributed by atoms with van der Waals surface area (Å²) in [6.45, 7) is 16.7. The average Bonchev–Trinajstić information content (AvgIpc) is 4.05. The van der Waals surface area contributed by atoms with E-state index in [0.29, 0.717) is 44.1 Å². The number of rotatable bonds is 14. The van der Waals surface area contributed by atoms with Crippen molar-refractivity contribution in [2.45, 2.75) is 72.1 Å². The van der Waals surface area contributed by atoms with Crippen LogP contribution in [0.25, 0.3) is 44.3 Å². The van der Waals surface area contributed by atoms with E-state index in [1.807, 2.05) is 61.6 Å². The number of hydrogen-bond donors (Lipinski definition) is 0. The van der Waals surface area contributed by atoms with Crippen molar-refractivity contribution in [2.24, 2.45) is 7.05 Å². The Hall–Kier alpha value is -5.18. The van der Waals surface area contributed by atoms with Crippen molar-refractivity contribution in [3.63, 3.8) is 0 Å². The number of aryl methyl sites for hydroxylation is 5. The maximum Gasteiger partial charge on any atom is 0.276 e. The summed E-state index contributed by atoms with van der Waals surface area (Å²) < 4.78 is 25.5. The molecule has 2 aliphatic rings. The number of fused-ring (bicyclic) bond motifs is 4. The fourth-order valence-corrected chi connectivity index (χ4v) is 9.93. The highest BCUT2D eigenvalue weighted by Crippen LogP contribution is 2.46. The number of ether oxygens (including phenoxy) is 3. The zero-order valence-electron chi connectivity index (χ0n) is 37.1. The number of alkyl halides is 1. The van der Waals surface area contributed by atoms with Crippen LogP contribution in [0.5, 0.6) is 5.75 Å². The summed E-state index contributed by atoms with van der Waals surface area (Å²) in [4.78, 5) is 24.5. The number of nitrogens with zero attached hydrogens (tertiary/aromatic N) is 9. The van der Waals surface area contributed by atoms with E-state index in [0.717, 1.165) is 122 Å². The summed E-state index contributed by atoms with van der Waals surface area (Å²) in [5.74, 6) is 1.25. The highest BCUT2D eigenvalue weighted by molar-refractivity contribution is 6.32. The molecule has 63 heavy (non-hydrogen) atoms. The molecule has 0 aliphatic carbocycles. The third-order valence-corrected chi connectivity index (χ3v) is 14.0. The third-order valence-electron chi connectivity index (χ3n) is 12.8. The Morgan fingerprint density at radius 2 is 1.71 bits per heavy atom. The Bertz CT molecular complexity index is 2810. The molecule has 7 aromatic rings. The molecule has 330 valence electrons. The van der Waals surface area contributed by atoms with Crippen LogP contribution < -0.4 is 9.64 Å². The van der Waals surface area contributed by atoms with Crippen LogP contribution in [0.4, 0.5) is 5.69 Å². The van der Waals surface area contributed by atoms with E-state index in [1.165, 1.54) is 0 Å². The molecule has 0 saturated carbocycles. The number of morpholine rings is 1. The van der Waals surface area contributed by atoms with Gasteiger partial charge in [0, 0.05) is 84.7 Å². The average molecular weight is 893 g/mol. The second-order valence-corrected chi connectivity index (χ2v) is 17.7. The molecule has 1 saturated heterocycles. The largest absolute Gasteiger partial charge is 0.494 e. The second kappa shape index (κ2) is 17.8. The van der Waals surface area contributed by atoms with Gasteiger partial charge in [0.25, 0.3) is 5.91 Å². The van der Waals surface area contributed by atoms with E-state index in [1.54, 1.807) is 18.3 Å². The highest BCUT2D eigenvalue weighted by Gasteiger charge is 2.42. The Kier molecular flexibility index (Phi) is 12.2. The first-order valence-electron chi connectivity index (χ1n) is 21.8. The molecular formula is C48H55Cl2N9O4. The van der Waals surface area contributed by atoms with Gasteiger partial charge in [-0.1, -0.05) is 41.4 Å². The van der Waals surface area contributed by atoms with Crippen molar-refractivity contribution in [1.82, 2.24) is 38.6 Å². The minimum Gasteiger partial charge on any atom is -0.494 e. The number of anilines is 1. The monoisotopic (exact) mass is 891 g/mol. The van der Waals surface area contributed by atoms with Crippen molar-refractivity contribution in [2.75, 3.05) is 58.1 Å². The molecule has 0 N–H and O–H groups in total. The summed E-state index contributed by atoms with van der Waals surface area (Å²) in [6, 6.07) is 16.2. The number of carbonyl (C=O) groups is 1. The predicted octanol–water partition coefficient (Wildman–Crippen LogP) is 8.92. The van der Waals surface area contributed by atoms with Gasteiger partial charge in [0.2, 0.25) is 0 Å². The summed E-state index contributed by atoms with van der Waals surface area (Å²) in [6.07, 6.45) is 5.12. The van der Waals surface area contributed by atoms with Gasteiger partial charge in [-0.25, -0.2) is 4.98 Å². The van der Waals surface area contributed by atoms with Gasteiger partial charge in [-0.05, 0) is 94.5 Å². The molecule has 1 unspecified atom stereocenters. The van der Waals surface area contributed by atoms with Crippen molar-refractivity contribution < 1.29 is 19.0 Å². The van der Waals surface area contributed by atoms with Crippen molar-refractivity contribution in [3.05, 3.63) is 99.8 Å².